The number of carbonyl (C=O) groups is 3. The average Bonchev–Trinajstić information content (AvgIpc) is 3.01. The van der Waals surface area contributed by atoms with Gasteiger partial charge in [-0.25, -0.2) is 9.18 Å². The third-order valence-electron chi connectivity index (χ3n) is 7.96. The number of Topliss-reactive ketones (excluding diaryl/α,β-unsaturated/α-hetero) is 1. The Labute approximate surface area is 256 Å². The maximum absolute atomic E-state index is 14.7. The standard InChI is InChI=1S/C34H30F4N2O5/c1-3-44-32(42)27-24(19-8-6-5-7-9-19)18-25-28(30(27)41)26(20-10-14-22(35)15-11-20)29(33(43)45-4-2)31(39)40(25)23-16-12-21(13-17-23)34(36,37)38/h5-17,24,26-27H,3-4,18,39H2,1-2H3/t24-,26+,27+/m1/s1. The Morgan fingerprint density at radius 1 is 0.889 bits per heavy atom. The molecule has 11 heteroatoms. The Morgan fingerprint density at radius 2 is 1.51 bits per heavy atom. The summed E-state index contributed by atoms with van der Waals surface area (Å²) in [6.07, 6.45) is -4.58. The van der Waals surface area contributed by atoms with Gasteiger partial charge in [0.05, 0.1) is 30.3 Å². The van der Waals surface area contributed by atoms with Crippen LogP contribution in [0.1, 0.15) is 48.8 Å². The molecule has 0 spiro atoms. The van der Waals surface area contributed by atoms with Crippen molar-refractivity contribution < 1.29 is 41.4 Å². The predicted octanol–water partition coefficient (Wildman–Crippen LogP) is 6.37. The molecule has 1 aliphatic heterocycles. The van der Waals surface area contributed by atoms with Gasteiger partial charge in [-0.15, -0.1) is 0 Å². The molecule has 0 fully saturated rings. The number of halogens is 4. The third-order valence-corrected chi connectivity index (χ3v) is 7.96. The summed E-state index contributed by atoms with van der Waals surface area (Å²) in [6, 6.07) is 18.1. The van der Waals surface area contributed by atoms with Crippen LogP contribution in [0.25, 0.3) is 0 Å². The van der Waals surface area contributed by atoms with Gasteiger partial charge in [-0.2, -0.15) is 13.2 Å². The van der Waals surface area contributed by atoms with Crippen molar-refractivity contribution in [3.05, 3.63) is 124 Å². The van der Waals surface area contributed by atoms with Crippen molar-refractivity contribution >= 4 is 23.4 Å². The highest BCUT2D eigenvalue weighted by atomic mass is 19.4. The topological polar surface area (TPSA) is 98.9 Å². The van der Waals surface area contributed by atoms with E-state index in [1.165, 1.54) is 41.3 Å². The molecule has 7 nitrogen and oxygen atoms in total. The molecule has 0 saturated carbocycles. The van der Waals surface area contributed by atoms with E-state index in [4.69, 9.17) is 15.2 Å². The van der Waals surface area contributed by atoms with Crippen molar-refractivity contribution in [1.29, 1.82) is 0 Å². The molecule has 3 atom stereocenters. The molecule has 3 aromatic rings. The van der Waals surface area contributed by atoms with E-state index in [1.54, 1.807) is 44.2 Å². The molecular formula is C34H30F4N2O5. The van der Waals surface area contributed by atoms with Crippen LogP contribution in [-0.2, 0) is 30.0 Å². The van der Waals surface area contributed by atoms with Gasteiger partial charge >= 0.3 is 18.1 Å². The van der Waals surface area contributed by atoms with Crippen LogP contribution in [-0.4, -0.2) is 30.9 Å². The van der Waals surface area contributed by atoms with E-state index in [0.717, 1.165) is 12.1 Å². The van der Waals surface area contributed by atoms with Crippen molar-refractivity contribution in [3.8, 4) is 0 Å². The minimum absolute atomic E-state index is 0.00994. The summed E-state index contributed by atoms with van der Waals surface area (Å²) in [6.45, 7) is 3.16. The normalized spacial score (nSPS) is 20.2. The molecule has 0 saturated heterocycles. The quantitative estimate of drug-likeness (QED) is 0.186. The molecule has 0 radical (unpaired) electrons. The van der Waals surface area contributed by atoms with Crippen LogP contribution < -0.4 is 10.6 Å². The smallest absolute Gasteiger partial charge is 0.416 e. The van der Waals surface area contributed by atoms with Gasteiger partial charge in [0.15, 0.2) is 5.78 Å². The van der Waals surface area contributed by atoms with Gasteiger partial charge < -0.3 is 15.2 Å². The van der Waals surface area contributed by atoms with E-state index in [9.17, 15) is 31.9 Å². The lowest BCUT2D eigenvalue weighted by atomic mass is 9.67. The molecule has 234 valence electrons. The van der Waals surface area contributed by atoms with Crippen LogP contribution in [0.2, 0.25) is 0 Å². The molecule has 45 heavy (non-hydrogen) atoms. The van der Waals surface area contributed by atoms with Crippen LogP contribution in [0, 0.1) is 11.7 Å². The number of anilines is 1. The maximum Gasteiger partial charge on any atom is 0.416 e. The predicted molar refractivity (Wildman–Crippen MR) is 157 cm³/mol. The number of nitrogens with zero attached hydrogens (tertiary/aromatic N) is 1. The first-order valence-corrected chi connectivity index (χ1v) is 14.4. The van der Waals surface area contributed by atoms with Crippen LogP contribution in [0.4, 0.5) is 23.2 Å². The monoisotopic (exact) mass is 622 g/mol. The number of carbonyl (C=O) groups excluding carboxylic acids is 3. The van der Waals surface area contributed by atoms with Gasteiger partial charge in [0.25, 0.3) is 0 Å². The number of allylic oxidation sites excluding steroid dienone is 2. The number of nitrogens with two attached hydrogens (primary N) is 1. The van der Waals surface area contributed by atoms with Gasteiger partial charge in [0, 0.05) is 22.9 Å². The fourth-order valence-corrected chi connectivity index (χ4v) is 6.04. The molecule has 0 amide bonds. The number of ketones is 1. The molecule has 0 bridgehead atoms. The number of hydrogen-bond acceptors (Lipinski definition) is 7. The van der Waals surface area contributed by atoms with Gasteiger partial charge in [-0.1, -0.05) is 42.5 Å². The summed E-state index contributed by atoms with van der Waals surface area (Å²) < 4.78 is 65.1. The van der Waals surface area contributed by atoms with Crippen molar-refractivity contribution in [1.82, 2.24) is 0 Å². The molecule has 2 N–H and O–H groups in total. The van der Waals surface area contributed by atoms with Crippen LogP contribution in [0.5, 0.6) is 0 Å². The maximum atomic E-state index is 14.7. The van der Waals surface area contributed by atoms with E-state index in [1.807, 2.05) is 0 Å². The number of ether oxygens (including phenoxy) is 2. The van der Waals surface area contributed by atoms with Crippen LogP contribution in [0.15, 0.2) is 102 Å². The Bertz CT molecular complexity index is 1670. The molecule has 1 aliphatic carbocycles. The summed E-state index contributed by atoms with van der Waals surface area (Å²) in [5.41, 5.74) is 7.08. The summed E-state index contributed by atoms with van der Waals surface area (Å²) in [7, 11) is 0. The van der Waals surface area contributed by atoms with E-state index in [-0.39, 0.29) is 48.0 Å². The molecule has 0 unspecified atom stereocenters. The zero-order chi connectivity index (χ0) is 32.5. The second kappa shape index (κ2) is 12.6. The van der Waals surface area contributed by atoms with Crippen molar-refractivity contribution in [2.45, 2.75) is 38.3 Å². The fourth-order valence-electron chi connectivity index (χ4n) is 6.04. The second-order valence-electron chi connectivity index (χ2n) is 10.6. The molecule has 0 aromatic heterocycles. The first-order chi connectivity index (χ1) is 21.5. The summed E-state index contributed by atoms with van der Waals surface area (Å²) in [4.78, 5) is 43.1. The van der Waals surface area contributed by atoms with Crippen molar-refractivity contribution in [3.63, 3.8) is 0 Å². The van der Waals surface area contributed by atoms with E-state index in [0.29, 0.717) is 11.1 Å². The molecular weight excluding hydrogens is 592 g/mol. The summed E-state index contributed by atoms with van der Waals surface area (Å²) in [5, 5.41) is 0. The largest absolute Gasteiger partial charge is 0.465 e. The van der Waals surface area contributed by atoms with E-state index < -0.39 is 53.0 Å². The highest BCUT2D eigenvalue weighted by molar-refractivity contribution is 6.14. The van der Waals surface area contributed by atoms with Gasteiger partial charge in [0.1, 0.15) is 17.6 Å². The van der Waals surface area contributed by atoms with Crippen LogP contribution >= 0.6 is 0 Å². The highest BCUT2D eigenvalue weighted by Crippen LogP contribution is 2.51. The van der Waals surface area contributed by atoms with E-state index in [2.05, 4.69) is 0 Å². The zero-order valence-electron chi connectivity index (χ0n) is 24.4. The first-order valence-electron chi connectivity index (χ1n) is 14.4. The van der Waals surface area contributed by atoms with Gasteiger partial charge in [-0.3, -0.25) is 14.5 Å². The number of alkyl halides is 3. The van der Waals surface area contributed by atoms with Crippen molar-refractivity contribution in [2.75, 3.05) is 18.1 Å². The number of esters is 2. The number of hydrogen-bond donors (Lipinski definition) is 1. The van der Waals surface area contributed by atoms with E-state index >= 15 is 0 Å². The Hall–Kier alpha value is -4.93. The Morgan fingerprint density at radius 3 is 2.09 bits per heavy atom. The minimum Gasteiger partial charge on any atom is -0.465 e. The Balaban J connectivity index is 1.81. The molecule has 3 aromatic carbocycles. The Kier molecular flexibility index (Phi) is 8.81. The second-order valence-corrected chi connectivity index (χ2v) is 10.6. The summed E-state index contributed by atoms with van der Waals surface area (Å²) in [5.74, 6) is -6.25. The third kappa shape index (κ3) is 5.94. The number of benzene rings is 3. The average molecular weight is 623 g/mol. The molecule has 2 aliphatic rings. The van der Waals surface area contributed by atoms with Crippen LogP contribution in [0.3, 0.4) is 0 Å². The molecule has 1 heterocycles. The fraction of sp³-hybridized carbons (Fsp3) is 0.265. The van der Waals surface area contributed by atoms with Gasteiger partial charge in [0.2, 0.25) is 0 Å². The summed E-state index contributed by atoms with van der Waals surface area (Å²) >= 11 is 0. The SMILES string of the molecule is CCOC(=O)C1=C(N)N(c2ccc(C(F)(F)F)cc2)C2=C(C(=O)[C@@H](C(=O)OCC)[C@@H](c3ccccc3)C2)[C@@H]1c1ccc(F)cc1. The lowest BCUT2D eigenvalue weighted by Crippen LogP contribution is -2.46. The minimum atomic E-state index is -4.61. The number of rotatable bonds is 7. The van der Waals surface area contributed by atoms with Gasteiger partial charge in [-0.05, 0) is 67.8 Å². The lowest BCUT2D eigenvalue weighted by Gasteiger charge is -2.44. The van der Waals surface area contributed by atoms with Crippen molar-refractivity contribution in [2.24, 2.45) is 11.7 Å². The first kappa shape index (κ1) is 31.5. The molecule has 5 rings (SSSR count). The lowest BCUT2D eigenvalue weighted by molar-refractivity contribution is -0.152. The highest BCUT2D eigenvalue weighted by Gasteiger charge is 2.51. The zero-order valence-corrected chi connectivity index (χ0v) is 24.4.